The third-order valence-corrected chi connectivity index (χ3v) is 4.14. The first-order chi connectivity index (χ1) is 13.3. The summed E-state index contributed by atoms with van der Waals surface area (Å²) in [6.07, 6.45) is -2.54. The Balaban J connectivity index is 1.73. The molecule has 0 amide bonds. The summed E-state index contributed by atoms with van der Waals surface area (Å²) < 4.78 is 53.4. The van der Waals surface area contributed by atoms with Crippen LogP contribution >= 0.6 is 0 Å². The number of alkyl halides is 3. The first-order valence-corrected chi connectivity index (χ1v) is 7.95. The van der Waals surface area contributed by atoms with Crippen molar-refractivity contribution in [2.75, 3.05) is 0 Å². The molecule has 10 heteroatoms. The van der Waals surface area contributed by atoms with Gasteiger partial charge in [-0.05, 0) is 24.3 Å². The third kappa shape index (κ3) is 2.96. The third-order valence-electron chi connectivity index (χ3n) is 4.14. The Bertz CT molecular complexity index is 1210. The molecule has 0 aliphatic carbocycles. The molecular weight excluding hydrogens is 375 g/mol. The van der Waals surface area contributed by atoms with Crippen molar-refractivity contribution in [3.63, 3.8) is 0 Å². The summed E-state index contributed by atoms with van der Waals surface area (Å²) in [7, 11) is 5.51. The summed E-state index contributed by atoms with van der Waals surface area (Å²) in [5.74, 6) is -1.33. The van der Waals surface area contributed by atoms with Crippen molar-refractivity contribution in [2.24, 2.45) is 0 Å². The minimum absolute atomic E-state index is 0.0177. The van der Waals surface area contributed by atoms with Gasteiger partial charge in [-0.15, -0.1) is 0 Å². The van der Waals surface area contributed by atoms with Crippen molar-refractivity contribution in [2.45, 2.75) is 6.18 Å². The highest BCUT2D eigenvalue weighted by Crippen LogP contribution is 2.31. The van der Waals surface area contributed by atoms with Gasteiger partial charge in [0.15, 0.2) is 17.3 Å². The molecule has 3 heterocycles. The van der Waals surface area contributed by atoms with Gasteiger partial charge >= 0.3 is 6.18 Å². The highest BCUT2D eigenvalue weighted by atomic mass is 19.4. The molecule has 0 aliphatic rings. The Kier molecular flexibility index (Phi) is 4.06. The molecule has 138 valence electrons. The smallest absolute Gasteiger partial charge is 0.358 e. The van der Waals surface area contributed by atoms with Crippen LogP contribution in [0.15, 0.2) is 42.7 Å². The van der Waals surface area contributed by atoms with Crippen LogP contribution in [-0.4, -0.2) is 33.6 Å². The fourth-order valence-corrected chi connectivity index (χ4v) is 2.82. The highest BCUT2D eigenvalue weighted by Gasteiger charge is 2.37. The second-order valence-corrected chi connectivity index (χ2v) is 5.98. The quantitative estimate of drug-likeness (QED) is 0.324. The molecule has 0 fully saturated rings. The van der Waals surface area contributed by atoms with Gasteiger partial charge in [0.05, 0.1) is 16.8 Å². The monoisotopic (exact) mass is 384 g/mol. The molecular formula is C18H9BF4N4O. The lowest BCUT2D eigenvalue weighted by Crippen LogP contribution is -2.15. The minimum atomic E-state index is -4.76. The average Bonchev–Trinajstić information content (AvgIpc) is 3.31. The van der Waals surface area contributed by atoms with Crippen molar-refractivity contribution in [3.05, 3.63) is 65.4 Å². The SMILES string of the molecule is [B]c1ccc2[nH]c(-c3cc(C(=O)c4cccnc4C(F)(F)F)c[nH]3)nc2c1F. The summed E-state index contributed by atoms with van der Waals surface area (Å²) in [6.45, 7) is 0. The average molecular weight is 384 g/mol. The van der Waals surface area contributed by atoms with Gasteiger partial charge in [-0.3, -0.25) is 9.78 Å². The number of carbonyl (C=O) groups is 1. The normalized spacial score (nSPS) is 11.9. The predicted octanol–water partition coefficient (Wildman–Crippen LogP) is 3.14. The molecule has 0 atom stereocenters. The Hall–Kier alpha value is -3.43. The zero-order valence-electron chi connectivity index (χ0n) is 13.9. The molecule has 3 aromatic heterocycles. The molecule has 28 heavy (non-hydrogen) atoms. The van der Waals surface area contributed by atoms with E-state index in [2.05, 4.69) is 19.9 Å². The number of ketones is 1. The van der Waals surface area contributed by atoms with E-state index in [1.165, 1.54) is 24.4 Å². The Morgan fingerprint density at radius 3 is 2.71 bits per heavy atom. The standard InChI is InChI=1S/C18H9BF4N4O/c19-10-3-4-11-14(13(10)20)27-17(26-11)12-6-8(7-25-12)15(28)9-2-1-5-24-16(9)18(21,22)23/h1-7,25H,(H,26,27). The number of aromatic amines is 2. The van der Waals surface area contributed by atoms with Crippen LogP contribution in [0.5, 0.6) is 0 Å². The second-order valence-electron chi connectivity index (χ2n) is 5.98. The molecule has 0 unspecified atom stereocenters. The van der Waals surface area contributed by atoms with Gasteiger partial charge in [-0.1, -0.05) is 11.5 Å². The molecule has 0 saturated heterocycles. The van der Waals surface area contributed by atoms with Crippen LogP contribution in [0.3, 0.4) is 0 Å². The molecule has 5 nitrogen and oxygen atoms in total. The van der Waals surface area contributed by atoms with Gasteiger partial charge < -0.3 is 9.97 Å². The van der Waals surface area contributed by atoms with E-state index in [0.29, 0.717) is 11.2 Å². The number of hydrogen-bond acceptors (Lipinski definition) is 3. The molecule has 0 aliphatic heterocycles. The number of halogens is 4. The van der Waals surface area contributed by atoms with Crippen LogP contribution in [0.4, 0.5) is 17.6 Å². The van der Waals surface area contributed by atoms with Crippen LogP contribution in [0.25, 0.3) is 22.6 Å². The Morgan fingerprint density at radius 1 is 1.18 bits per heavy atom. The zero-order valence-corrected chi connectivity index (χ0v) is 13.9. The Morgan fingerprint density at radius 2 is 1.96 bits per heavy atom. The first kappa shape index (κ1) is 18.0. The molecule has 4 rings (SSSR count). The number of nitrogens with one attached hydrogen (secondary N) is 2. The molecule has 2 radical (unpaired) electrons. The lowest BCUT2D eigenvalue weighted by Gasteiger charge is -2.09. The van der Waals surface area contributed by atoms with Crippen molar-refractivity contribution in [1.29, 1.82) is 0 Å². The van der Waals surface area contributed by atoms with E-state index in [0.717, 1.165) is 12.3 Å². The number of rotatable bonds is 3. The van der Waals surface area contributed by atoms with E-state index >= 15 is 0 Å². The van der Waals surface area contributed by atoms with Crippen molar-refractivity contribution in [3.8, 4) is 11.5 Å². The number of carbonyl (C=O) groups excluding carboxylic acids is 1. The summed E-state index contributed by atoms with van der Waals surface area (Å²) in [4.78, 5) is 25.6. The van der Waals surface area contributed by atoms with E-state index in [-0.39, 0.29) is 22.4 Å². The maximum Gasteiger partial charge on any atom is 0.434 e. The van der Waals surface area contributed by atoms with Crippen LogP contribution < -0.4 is 5.46 Å². The van der Waals surface area contributed by atoms with Gasteiger partial charge in [-0.25, -0.2) is 9.37 Å². The zero-order chi connectivity index (χ0) is 20.1. The summed E-state index contributed by atoms with van der Waals surface area (Å²) in [5, 5.41) is 0. The van der Waals surface area contributed by atoms with E-state index in [9.17, 15) is 22.4 Å². The van der Waals surface area contributed by atoms with E-state index in [4.69, 9.17) is 7.85 Å². The van der Waals surface area contributed by atoms with Gasteiger partial charge in [-0.2, -0.15) is 13.2 Å². The van der Waals surface area contributed by atoms with E-state index in [1.54, 1.807) is 6.07 Å². The van der Waals surface area contributed by atoms with Crippen molar-refractivity contribution in [1.82, 2.24) is 19.9 Å². The number of fused-ring (bicyclic) bond motifs is 1. The van der Waals surface area contributed by atoms with Crippen LogP contribution in [-0.2, 0) is 6.18 Å². The lowest BCUT2D eigenvalue weighted by molar-refractivity contribution is -0.141. The largest absolute Gasteiger partial charge is 0.434 e. The van der Waals surface area contributed by atoms with Crippen LogP contribution in [0.1, 0.15) is 21.6 Å². The number of hydrogen-bond donors (Lipinski definition) is 2. The summed E-state index contributed by atoms with van der Waals surface area (Å²) >= 11 is 0. The molecule has 0 spiro atoms. The highest BCUT2D eigenvalue weighted by molar-refractivity contribution is 6.33. The molecule has 1 aromatic carbocycles. The van der Waals surface area contributed by atoms with Gasteiger partial charge in [0, 0.05) is 18.0 Å². The topological polar surface area (TPSA) is 74.4 Å². The number of pyridine rings is 1. The van der Waals surface area contributed by atoms with Crippen molar-refractivity contribution >= 4 is 30.1 Å². The molecule has 0 saturated carbocycles. The number of benzene rings is 1. The number of aromatic nitrogens is 4. The number of nitrogens with zero attached hydrogens (tertiary/aromatic N) is 2. The molecule has 0 bridgehead atoms. The van der Waals surface area contributed by atoms with Crippen LogP contribution in [0.2, 0.25) is 0 Å². The summed E-state index contributed by atoms with van der Waals surface area (Å²) in [5.41, 5.74) is -1.21. The van der Waals surface area contributed by atoms with Gasteiger partial charge in [0.2, 0.25) is 0 Å². The number of imidazole rings is 1. The lowest BCUT2D eigenvalue weighted by atomic mass is 9.95. The molecule has 4 aromatic rings. The fourth-order valence-electron chi connectivity index (χ4n) is 2.82. The Labute approximate surface area is 156 Å². The maximum absolute atomic E-state index is 14.1. The van der Waals surface area contributed by atoms with Crippen molar-refractivity contribution < 1.29 is 22.4 Å². The van der Waals surface area contributed by atoms with Crippen LogP contribution in [0, 0.1) is 5.82 Å². The molecule has 2 N–H and O–H groups in total. The van der Waals surface area contributed by atoms with E-state index < -0.39 is 29.0 Å². The van der Waals surface area contributed by atoms with Gasteiger partial charge in [0.25, 0.3) is 0 Å². The minimum Gasteiger partial charge on any atom is -0.358 e. The predicted molar refractivity (Wildman–Crippen MR) is 93.9 cm³/mol. The van der Waals surface area contributed by atoms with Gasteiger partial charge in [0.1, 0.15) is 19.2 Å². The second kappa shape index (κ2) is 6.33. The summed E-state index contributed by atoms with van der Waals surface area (Å²) in [6, 6.07) is 6.57. The van der Waals surface area contributed by atoms with E-state index in [1.807, 2.05) is 0 Å². The first-order valence-electron chi connectivity index (χ1n) is 7.95. The maximum atomic E-state index is 14.1. The fraction of sp³-hybridized carbons (Fsp3) is 0.0556. The number of H-pyrrole nitrogens is 2.